The van der Waals surface area contributed by atoms with Gasteiger partial charge in [-0.3, -0.25) is 5.32 Å². The fourth-order valence-corrected chi connectivity index (χ4v) is 6.73. The minimum Gasteiger partial charge on any atom is -0.357 e. The van der Waals surface area contributed by atoms with Crippen LogP contribution in [0.3, 0.4) is 0 Å². The number of aromatic nitrogens is 2. The molecule has 0 spiro atoms. The second-order valence-electron chi connectivity index (χ2n) is 12.3. The van der Waals surface area contributed by atoms with Crippen LogP contribution in [0.2, 0.25) is 0 Å². The van der Waals surface area contributed by atoms with Crippen molar-refractivity contribution in [2.45, 2.75) is 12.1 Å². The summed E-state index contributed by atoms with van der Waals surface area (Å²) in [4.78, 5) is 9.21. The fraction of sp³-hybridized carbons (Fsp3) is 0.0541. The molecule has 286 valence electrons. The second kappa shape index (κ2) is 12.9. The van der Waals surface area contributed by atoms with Crippen LogP contribution in [0.5, 0.6) is 0 Å². The van der Waals surface area contributed by atoms with Crippen molar-refractivity contribution in [3.63, 3.8) is 0 Å². The van der Waals surface area contributed by atoms with Crippen LogP contribution in [-0.2, 0) is 0 Å². The van der Waals surface area contributed by atoms with Gasteiger partial charge in [0.05, 0.1) is 40.2 Å². The summed E-state index contributed by atoms with van der Waals surface area (Å²) in [7, 11) is 0. The number of fused-ring (bicyclic) bond motifs is 8. The first-order valence-electron chi connectivity index (χ1n) is 15.7. The van der Waals surface area contributed by atoms with Gasteiger partial charge in [0.15, 0.2) is 69.8 Å². The van der Waals surface area contributed by atoms with Crippen LogP contribution in [-0.4, -0.2) is 21.7 Å². The van der Waals surface area contributed by atoms with Crippen molar-refractivity contribution in [3.8, 4) is 0 Å². The number of H-pyrrole nitrogens is 2. The predicted molar refractivity (Wildman–Crippen MR) is 166 cm³/mol. The Balaban J connectivity index is 1.56. The number of aromatic amines is 2. The molecule has 0 amide bonds. The van der Waals surface area contributed by atoms with E-state index in [1.54, 1.807) is 0 Å². The molecule has 2 unspecified atom stereocenters. The first kappa shape index (κ1) is 36.7. The molecule has 2 aromatic heterocycles. The van der Waals surface area contributed by atoms with Crippen LogP contribution in [0.15, 0.2) is 59.3 Å². The molecule has 0 fully saturated rings. The van der Waals surface area contributed by atoms with Gasteiger partial charge >= 0.3 is 0 Å². The highest BCUT2D eigenvalue weighted by Crippen LogP contribution is 2.39. The first-order valence-corrected chi connectivity index (χ1v) is 15.7. The van der Waals surface area contributed by atoms with E-state index < -0.39 is 161 Å². The van der Waals surface area contributed by atoms with Gasteiger partial charge in [0.1, 0.15) is 0 Å². The van der Waals surface area contributed by atoms with E-state index in [1.165, 1.54) is 18.2 Å². The second-order valence-corrected chi connectivity index (χ2v) is 12.3. The lowest BCUT2D eigenvalue weighted by atomic mass is 9.95. The fourth-order valence-electron chi connectivity index (χ4n) is 6.73. The van der Waals surface area contributed by atoms with Gasteiger partial charge < -0.3 is 9.97 Å². The third kappa shape index (κ3) is 5.20. The normalized spacial score (nSPS) is 20.9. The van der Waals surface area contributed by atoms with Gasteiger partial charge in [-0.05, 0) is 36.4 Å². The molecule has 19 heteroatoms. The van der Waals surface area contributed by atoms with E-state index in [-0.39, 0.29) is 5.69 Å². The Labute approximate surface area is 301 Å². The van der Waals surface area contributed by atoms with Crippen molar-refractivity contribution in [2.75, 3.05) is 0 Å². The van der Waals surface area contributed by atoms with Gasteiger partial charge in [-0.15, -0.1) is 0 Å². The summed E-state index contributed by atoms with van der Waals surface area (Å²) in [6.07, 6.45) is 4.15. The molecular weight excluding hydrogens is 785 g/mol. The average molecular weight is 799 g/mol. The van der Waals surface area contributed by atoms with Crippen molar-refractivity contribution in [3.05, 3.63) is 180 Å². The number of nitrogens with one attached hydrogen (secondary N) is 3. The van der Waals surface area contributed by atoms with Crippen LogP contribution >= 0.6 is 0 Å². The molecular formula is C37H13F15N4. The van der Waals surface area contributed by atoms with Crippen LogP contribution in [0.4, 0.5) is 65.9 Å². The van der Waals surface area contributed by atoms with Gasteiger partial charge in [-0.25, -0.2) is 70.8 Å². The van der Waals surface area contributed by atoms with Crippen molar-refractivity contribution < 1.29 is 65.9 Å². The summed E-state index contributed by atoms with van der Waals surface area (Å²) in [6.45, 7) is 0. The molecule has 4 nitrogen and oxygen atoms in total. The molecule has 2 atom stereocenters. The molecule has 3 aliphatic heterocycles. The third-order valence-corrected chi connectivity index (χ3v) is 9.27. The quantitative estimate of drug-likeness (QED) is 0.0741. The SMILES string of the molecule is Fc1c(F)c(F)c(/C2=C3\C=CC(=N3)/C(c3c(F)c(F)c(F)c(F)c3F)=c3/cc/c([nH]3)=C(\c3c(F)c(F)c(F)c(F)c3F)c3ccc([nH]3)C3C=CC2N3)c(F)c1F. The minimum absolute atomic E-state index is 0.0309. The van der Waals surface area contributed by atoms with E-state index in [9.17, 15) is 39.5 Å². The number of rotatable bonds is 3. The minimum atomic E-state index is -2.59. The zero-order chi connectivity index (χ0) is 40.2. The Morgan fingerprint density at radius 2 is 0.839 bits per heavy atom. The Hall–Kier alpha value is -6.24. The summed E-state index contributed by atoms with van der Waals surface area (Å²) in [5.41, 5.74) is -9.17. The number of nitrogens with zero attached hydrogens (tertiary/aromatic N) is 1. The Kier molecular flexibility index (Phi) is 8.48. The lowest BCUT2D eigenvalue weighted by Crippen LogP contribution is -2.28. The van der Waals surface area contributed by atoms with Crippen molar-refractivity contribution >= 4 is 22.4 Å². The van der Waals surface area contributed by atoms with E-state index in [4.69, 9.17) is 0 Å². The number of hydrogen-bond donors (Lipinski definition) is 3. The van der Waals surface area contributed by atoms with E-state index in [0.717, 1.165) is 30.4 Å². The maximum absolute atomic E-state index is 15.6. The molecule has 0 aliphatic carbocycles. The molecule has 3 aliphatic rings. The van der Waals surface area contributed by atoms with Crippen molar-refractivity contribution in [1.82, 2.24) is 15.3 Å². The lowest BCUT2D eigenvalue weighted by Gasteiger charge is -2.21. The molecule has 56 heavy (non-hydrogen) atoms. The van der Waals surface area contributed by atoms with Crippen LogP contribution in [0.25, 0.3) is 16.7 Å². The number of hydrogen-bond acceptors (Lipinski definition) is 2. The largest absolute Gasteiger partial charge is 0.357 e. The molecule has 3 N–H and O–H groups in total. The topological polar surface area (TPSA) is 56.0 Å². The zero-order valence-electron chi connectivity index (χ0n) is 26.9. The van der Waals surface area contributed by atoms with E-state index >= 15 is 26.3 Å². The highest BCUT2D eigenvalue weighted by atomic mass is 19.2. The lowest BCUT2D eigenvalue weighted by molar-refractivity contribution is 0.375. The van der Waals surface area contributed by atoms with Gasteiger partial charge in [0.2, 0.25) is 17.5 Å². The third-order valence-electron chi connectivity index (χ3n) is 9.27. The number of benzene rings is 3. The number of halogens is 15. The Bertz CT molecular complexity index is 2770. The van der Waals surface area contributed by atoms with Gasteiger partial charge in [-0.1, -0.05) is 12.2 Å². The molecule has 8 bridgehead atoms. The highest BCUT2D eigenvalue weighted by Gasteiger charge is 2.37. The van der Waals surface area contributed by atoms with E-state index in [0.29, 0.717) is 0 Å². The maximum atomic E-state index is 15.6. The van der Waals surface area contributed by atoms with Crippen LogP contribution < -0.4 is 16.0 Å². The number of allylic oxidation sites excluding steroid dienone is 2. The molecule has 5 heterocycles. The summed E-state index contributed by atoms with van der Waals surface area (Å²) in [6, 6.07) is 1.41. The summed E-state index contributed by atoms with van der Waals surface area (Å²) in [5.74, 6) is -36.3. The van der Waals surface area contributed by atoms with Crippen molar-refractivity contribution in [1.29, 1.82) is 0 Å². The summed E-state index contributed by atoms with van der Waals surface area (Å²) >= 11 is 0. The van der Waals surface area contributed by atoms with E-state index in [2.05, 4.69) is 20.3 Å². The van der Waals surface area contributed by atoms with Gasteiger partial charge in [-0.2, -0.15) is 0 Å². The standard InChI is InChI=1S/C37H13F15N4/c38-23-20(24(39)30(45)35(50)29(23)44)17-11-3-1-9(53-11)10-2-4-12(54-10)18(21-25(40)31(46)36(51)32(47)26(21)41)14-6-8-16(56-14)19(15-7-5-13(17)55-15)22-27(42)33(48)37(52)34(49)28(22)43/h1-9,11,53-54,56H/b17-13+,18-14+,19-16+. The van der Waals surface area contributed by atoms with Gasteiger partial charge in [0, 0.05) is 38.8 Å². The van der Waals surface area contributed by atoms with Crippen LogP contribution in [0.1, 0.15) is 34.1 Å². The Morgan fingerprint density at radius 1 is 0.411 bits per heavy atom. The number of aliphatic imine (C=N–C) groups is 1. The maximum Gasteiger partial charge on any atom is 0.200 e. The predicted octanol–water partition coefficient (Wildman–Crippen LogP) is 7.88. The average Bonchev–Trinajstić information content (AvgIpc) is 4.03. The monoisotopic (exact) mass is 798 g/mol. The smallest absolute Gasteiger partial charge is 0.200 e. The molecule has 0 radical (unpaired) electrons. The van der Waals surface area contributed by atoms with Gasteiger partial charge in [0.25, 0.3) is 0 Å². The summed E-state index contributed by atoms with van der Waals surface area (Å²) in [5, 5.41) is 1.55. The molecule has 5 aromatic rings. The van der Waals surface area contributed by atoms with Crippen LogP contribution in [0, 0.1) is 87.3 Å². The summed E-state index contributed by atoms with van der Waals surface area (Å²) < 4.78 is 223. The molecule has 0 saturated carbocycles. The molecule has 0 saturated heterocycles. The van der Waals surface area contributed by atoms with Crippen molar-refractivity contribution in [2.24, 2.45) is 4.99 Å². The highest BCUT2D eigenvalue weighted by molar-refractivity contribution is 6.30. The Morgan fingerprint density at radius 3 is 1.36 bits per heavy atom. The van der Waals surface area contributed by atoms with E-state index in [1.807, 2.05) is 0 Å². The zero-order valence-corrected chi connectivity index (χ0v) is 26.9. The first-order chi connectivity index (χ1) is 26.5. The molecule has 3 aromatic carbocycles. The molecule has 8 rings (SSSR count).